The molecule has 0 aromatic carbocycles. The summed E-state index contributed by atoms with van der Waals surface area (Å²) in [5.41, 5.74) is 0. The van der Waals surface area contributed by atoms with Crippen LogP contribution in [0.4, 0.5) is 0 Å². The Labute approximate surface area is 98.3 Å². The fourth-order valence-corrected chi connectivity index (χ4v) is 2.30. The number of piperidine rings is 1. The van der Waals surface area contributed by atoms with Gasteiger partial charge in [-0.25, -0.2) is 0 Å². The molecule has 0 saturated carbocycles. The molecule has 3 unspecified atom stereocenters. The van der Waals surface area contributed by atoms with E-state index in [0.29, 0.717) is 12.1 Å². The van der Waals surface area contributed by atoms with E-state index in [-0.39, 0.29) is 11.9 Å². The minimum Gasteiger partial charge on any atom is -0.469 e. The Morgan fingerprint density at radius 1 is 1.56 bits per heavy atom. The number of methoxy groups -OCH3 is 1. The summed E-state index contributed by atoms with van der Waals surface area (Å²) in [6.07, 6.45) is 2.00. The van der Waals surface area contributed by atoms with E-state index in [0.717, 1.165) is 25.9 Å². The van der Waals surface area contributed by atoms with Gasteiger partial charge in [-0.3, -0.25) is 9.69 Å². The second-order valence-corrected chi connectivity index (χ2v) is 4.65. The Morgan fingerprint density at radius 3 is 2.75 bits per heavy atom. The smallest absolute Gasteiger partial charge is 0.310 e. The highest BCUT2D eigenvalue weighted by Crippen LogP contribution is 2.20. The summed E-state index contributed by atoms with van der Waals surface area (Å²) in [5, 5.41) is 3.27. The first-order valence-corrected chi connectivity index (χ1v) is 6.11. The highest BCUT2D eigenvalue weighted by Gasteiger charge is 2.32. The van der Waals surface area contributed by atoms with Crippen LogP contribution < -0.4 is 5.32 Å². The van der Waals surface area contributed by atoms with Gasteiger partial charge < -0.3 is 10.1 Å². The molecule has 4 heteroatoms. The Morgan fingerprint density at radius 2 is 2.25 bits per heavy atom. The fraction of sp³-hybridized carbons (Fsp3) is 0.917. The van der Waals surface area contributed by atoms with Gasteiger partial charge in [0, 0.05) is 25.2 Å². The lowest BCUT2D eigenvalue weighted by Gasteiger charge is -2.39. The molecule has 1 aliphatic rings. The van der Waals surface area contributed by atoms with Crippen molar-refractivity contribution in [1.29, 1.82) is 0 Å². The van der Waals surface area contributed by atoms with Crippen LogP contribution in [0.3, 0.4) is 0 Å². The molecule has 0 radical (unpaired) electrons. The van der Waals surface area contributed by atoms with E-state index in [4.69, 9.17) is 4.74 Å². The summed E-state index contributed by atoms with van der Waals surface area (Å²) in [6.45, 7) is 6.26. The molecule has 0 aromatic heterocycles. The number of nitrogens with zero attached hydrogens (tertiary/aromatic N) is 1. The second-order valence-electron chi connectivity index (χ2n) is 4.65. The molecular weight excluding hydrogens is 204 g/mol. The summed E-state index contributed by atoms with van der Waals surface area (Å²) in [4.78, 5) is 14.0. The third-order valence-corrected chi connectivity index (χ3v) is 3.64. The van der Waals surface area contributed by atoms with Crippen molar-refractivity contribution >= 4 is 5.97 Å². The van der Waals surface area contributed by atoms with Crippen molar-refractivity contribution in [1.82, 2.24) is 10.2 Å². The molecule has 1 heterocycles. The first-order chi connectivity index (χ1) is 7.62. The van der Waals surface area contributed by atoms with Crippen LogP contribution in [0.15, 0.2) is 0 Å². The maximum atomic E-state index is 11.6. The van der Waals surface area contributed by atoms with E-state index < -0.39 is 0 Å². The van der Waals surface area contributed by atoms with E-state index in [9.17, 15) is 4.79 Å². The summed E-state index contributed by atoms with van der Waals surface area (Å²) in [5.74, 6) is -0.0570. The van der Waals surface area contributed by atoms with Crippen LogP contribution in [-0.4, -0.2) is 50.2 Å². The summed E-state index contributed by atoms with van der Waals surface area (Å²) in [7, 11) is 3.43. The van der Waals surface area contributed by atoms with Crippen molar-refractivity contribution in [2.24, 2.45) is 5.92 Å². The molecule has 0 spiro atoms. The molecule has 1 N–H and O–H groups in total. The van der Waals surface area contributed by atoms with Crippen LogP contribution >= 0.6 is 0 Å². The monoisotopic (exact) mass is 228 g/mol. The number of likely N-dealkylation sites (tertiary alicyclic amines) is 1. The number of ether oxygens (including phenoxy) is 1. The van der Waals surface area contributed by atoms with Crippen molar-refractivity contribution in [2.45, 2.75) is 38.8 Å². The largest absolute Gasteiger partial charge is 0.469 e. The van der Waals surface area contributed by atoms with Crippen LogP contribution in [0.1, 0.15) is 26.7 Å². The van der Waals surface area contributed by atoms with Gasteiger partial charge in [0.1, 0.15) is 0 Å². The van der Waals surface area contributed by atoms with E-state index in [1.54, 1.807) is 0 Å². The Hall–Kier alpha value is -0.610. The summed E-state index contributed by atoms with van der Waals surface area (Å²) < 4.78 is 4.85. The van der Waals surface area contributed by atoms with Crippen LogP contribution in [0.25, 0.3) is 0 Å². The number of hydrogen-bond acceptors (Lipinski definition) is 4. The fourth-order valence-electron chi connectivity index (χ4n) is 2.30. The molecular formula is C12H24N2O2. The van der Waals surface area contributed by atoms with Crippen molar-refractivity contribution < 1.29 is 9.53 Å². The molecule has 1 rings (SSSR count). The molecule has 4 nitrogen and oxygen atoms in total. The number of nitrogens with one attached hydrogen (secondary N) is 1. The van der Waals surface area contributed by atoms with E-state index in [2.05, 4.69) is 24.1 Å². The quantitative estimate of drug-likeness (QED) is 0.725. The van der Waals surface area contributed by atoms with Gasteiger partial charge in [-0.15, -0.1) is 0 Å². The van der Waals surface area contributed by atoms with Crippen LogP contribution in [0.2, 0.25) is 0 Å². The molecule has 1 aliphatic heterocycles. The normalized spacial score (nSPS) is 28.8. The average Bonchev–Trinajstić information content (AvgIpc) is 2.35. The van der Waals surface area contributed by atoms with Gasteiger partial charge in [0.2, 0.25) is 0 Å². The standard InChI is InChI=1S/C12H24N2O2/c1-5-9(2)14-7-10(12(15)16-4)6-11(8-14)13-3/h9-11,13H,5-8H2,1-4H3. The predicted octanol–water partition coefficient (Wildman–Crippen LogP) is 0.868. The number of likely N-dealkylation sites (N-methyl/N-ethyl adjacent to an activating group) is 1. The molecule has 0 amide bonds. The number of hydrogen-bond donors (Lipinski definition) is 1. The molecule has 3 atom stereocenters. The van der Waals surface area contributed by atoms with Gasteiger partial charge >= 0.3 is 5.97 Å². The minimum atomic E-state index is -0.0757. The molecule has 0 aliphatic carbocycles. The van der Waals surface area contributed by atoms with Gasteiger partial charge in [-0.05, 0) is 26.8 Å². The zero-order valence-electron chi connectivity index (χ0n) is 10.8. The van der Waals surface area contributed by atoms with E-state index in [1.807, 2.05) is 7.05 Å². The van der Waals surface area contributed by atoms with Crippen molar-refractivity contribution in [3.63, 3.8) is 0 Å². The first kappa shape index (κ1) is 13.5. The van der Waals surface area contributed by atoms with E-state index >= 15 is 0 Å². The maximum absolute atomic E-state index is 11.6. The first-order valence-electron chi connectivity index (χ1n) is 6.11. The van der Waals surface area contributed by atoms with Crippen LogP contribution in [-0.2, 0) is 9.53 Å². The van der Waals surface area contributed by atoms with Gasteiger partial charge in [0.05, 0.1) is 13.0 Å². The number of rotatable bonds is 4. The highest BCUT2D eigenvalue weighted by molar-refractivity contribution is 5.72. The third kappa shape index (κ3) is 3.19. The zero-order chi connectivity index (χ0) is 12.1. The van der Waals surface area contributed by atoms with Crippen molar-refractivity contribution in [3.05, 3.63) is 0 Å². The van der Waals surface area contributed by atoms with Gasteiger partial charge in [-0.1, -0.05) is 6.92 Å². The second kappa shape index (κ2) is 6.21. The Balaban J connectivity index is 2.64. The Kier molecular flexibility index (Phi) is 5.22. The molecule has 16 heavy (non-hydrogen) atoms. The molecule has 1 saturated heterocycles. The maximum Gasteiger partial charge on any atom is 0.310 e. The molecule has 0 aromatic rings. The average molecular weight is 228 g/mol. The van der Waals surface area contributed by atoms with Crippen molar-refractivity contribution in [2.75, 3.05) is 27.2 Å². The number of esters is 1. The predicted molar refractivity (Wildman–Crippen MR) is 64.3 cm³/mol. The topological polar surface area (TPSA) is 41.6 Å². The van der Waals surface area contributed by atoms with Crippen LogP contribution in [0.5, 0.6) is 0 Å². The summed E-state index contributed by atoms with van der Waals surface area (Å²) >= 11 is 0. The highest BCUT2D eigenvalue weighted by atomic mass is 16.5. The lowest BCUT2D eigenvalue weighted by Crippen LogP contribution is -2.52. The third-order valence-electron chi connectivity index (χ3n) is 3.64. The van der Waals surface area contributed by atoms with E-state index in [1.165, 1.54) is 7.11 Å². The lowest BCUT2D eigenvalue weighted by molar-refractivity contribution is -0.148. The number of carbonyl (C=O) groups is 1. The summed E-state index contributed by atoms with van der Waals surface area (Å²) in [6, 6.07) is 0.926. The molecule has 0 bridgehead atoms. The number of carbonyl (C=O) groups excluding carboxylic acids is 1. The Bertz CT molecular complexity index is 233. The minimum absolute atomic E-state index is 0.0187. The zero-order valence-corrected chi connectivity index (χ0v) is 10.8. The van der Waals surface area contributed by atoms with Crippen LogP contribution in [0, 0.1) is 5.92 Å². The van der Waals surface area contributed by atoms with Gasteiger partial charge in [0.15, 0.2) is 0 Å². The van der Waals surface area contributed by atoms with Gasteiger partial charge in [0.25, 0.3) is 0 Å². The lowest BCUT2D eigenvalue weighted by atomic mass is 9.93. The van der Waals surface area contributed by atoms with Crippen molar-refractivity contribution in [3.8, 4) is 0 Å². The molecule has 94 valence electrons. The van der Waals surface area contributed by atoms with Gasteiger partial charge in [-0.2, -0.15) is 0 Å². The SMILES string of the molecule is CCC(C)N1CC(NC)CC(C(=O)OC)C1. The molecule has 1 fully saturated rings.